The molecule has 26 heavy (non-hydrogen) atoms. The fourth-order valence-electron chi connectivity index (χ4n) is 2.40. The topological polar surface area (TPSA) is 63.2 Å². The van der Waals surface area contributed by atoms with Crippen LogP contribution in [0.1, 0.15) is 15.9 Å². The molecule has 0 amide bonds. The maximum absolute atomic E-state index is 13.9. The van der Waals surface area contributed by atoms with Gasteiger partial charge >= 0.3 is 0 Å². The van der Waals surface area contributed by atoms with Crippen molar-refractivity contribution in [3.8, 4) is 0 Å². The quantitative estimate of drug-likeness (QED) is 0.653. The van der Waals surface area contributed by atoms with E-state index in [9.17, 15) is 17.6 Å². The van der Waals surface area contributed by atoms with E-state index < -0.39 is 26.5 Å². The van der Waals surface area contributed by atoms with Crippen molar-refractivity contribution in [1.82, 2.24) is 0 Å². The highest BCUT2D eigenvalue weighted by molar-refractivity contribution is 7.92. The number of nitrogens with one attached hydrogen (secondary N) is 1. The summed E-state index contributed by atoms with van der Waals surface area (Å²) in [5.74, 6) is -1.29. The number of hydrogen-bond acceptors (Lipinski definition) is 3. The van der Waals surface area contributed by atoms with Crippen molar-refractivity contribution in [1.29, 1.82) is 0 Å². The van der Waals surface area contributed by atoms with Gasteiger partial charge in [-0.1, -0.05) is 54.1 Å². The van der Waals surface area contributed by atoms with Gasteiger partial charge in [0.05, 0.1) is 5.69 Å². The van der Waals surface area contributed by atoms with Crippen molar-refractivity contribution < 1.29 is 17.6 Å². The zero-order valence-corrected chi connectivity index (χ0v) is 14.9. The third-order valence-electron chi connectivity index (χ3n) is 3.63. The molecule has 0 bridgehead atoms. The van der Waals surface area contributed by atoms with E-state index in [-0.39, 0.29) is 16.3 Å². The van der Waals surface area contributed by atoms with Gasteiger partial charge in [0.15, 0.2) is 5.78 Å². The van der Waals surface area contributed by atoms with Gasteiger partial charge in [0.25, 0.3) is 10.0 Å². The summed E-state index contributed by atoms with van der Waals surface area (Å²) >= 11 is 5.97. The van der Waals surface area contributed by atoms with Crippen LogP contribution in [-0.4, -0.2) is 14.2 Å². The summed E-state index contributed by atoms with van der Waals surface area (Å²) in [6.07, 6.45) is 0. The van der Waals surface area contributed by atoms with Gasteiger partial charge in [-0.25, -0.2) is 12.8 Å². The SMILES string of the molecule is O=C(c1ccccc1)c1cc(Cl)ccc1NS(=O)(=O)c1ccccc1F. The van der Waals surface area contributed by atoms with Crippen LogP contribution in [0.5, 0.6) is 0 Å². The Hall–Kier alpha value is -2.70. The lowest BCUT2D eigenvalue weighted by Crippen LogP contribution is -2.17. The molecule has 3 rings (SSSR count). The first-order chi connectivity index (χ1) is 12.4. The average molecular weight is 390 g/mol. The number of benzene rings is 3. The highest BCUT2D eigenvalue weighted by Crippen LogP contribution is 2.26. The molecule has 3 aromatic carbocycles. The van der Waals surface area contributed by atoms with Crippen LogP contribution in [0.3, 0.4) is 0 Å². The maximum Gasteiger partial charge on any atom is 0.264 e. The van der Waals surface area contributed by atoms with Crippen molar-refractivity contribution in [2.45, 2.75) is 4.90 Å². The van der Waals surface area contributed by atoms with Crippen LogP contribution in [0.4, 0.5) is 10.1 Å². The van der Waals surface area contributed by atoms with E-state index in [0.717, 1.165) is 12.1 Å². The number of hydrogen-bond donors (Lipinski definition) is 1. The van der Waals surface area contributed by atoms with E-state index in [1.807, 2.05) is 0 Å². The van der Waals surface area contributed by atoms with E-state index in [1.165, 1.54) is 30.3 Å². The number of carbonyl (C=O) groups is 1. The number of anilines is 1. The maximum atomic E-state index is 13.9. The van der Waals surface area contributed by atoms with Crippen LogP contribution >= 0.6 is 11.6 Å². The van der Waals surface area contributed by atoms with Crippen LogP contribution < -0.4 is 4.72 Å². The monoisotopic (exact) mass is 389 g/mol. The Morgan fingerprint density at radius 2 is 1.58 bits per heavy atom. The molecular formula is C19H13ClFNO3S. The molecule has 0 atom stereocenters. The molecule has 0 spiro atoms. The minimum absolute atomic E-state index is 0.0199. The summed E-state index contributed by atoms with van der Waals surface area (Å²) < 4.78 is 41.2. The van der Waals surface area contributed by atoms with Gasteiger partial charge in [-0.3, -0.25) is 9.52 Å². The van der Waals surface area contributed by atoms with Gasteiger partial charge in [0.2, 0.25) is 0 Å². The van der Waals surface area contributed by atoms with Gasteiger partial charge in [0.1, 0.15) is 10.7 Å². The van der Waals surface area contributed by atoms with Crippen molar-refractivity contribution in [2.24, 2.45) is 0 Å². The molecular weight excluding hydrogens is 377 g/mol. The molecule has 0 heterocycles. The van der Waals surface area contributed by atoms with E-state index in [1.54, 1.807) is 30.3 Å². The highest BCUT2D eigenvalue weighted by Gasteiger charge is 2.22. The zero-order chi connectivity index (χ0) is 18.7. The second kappa shape index (κ2) is 7.27. The van der Waals surface area contributed by atoms with Crippen molar-refractivity contribution in [3.05, 3.63) is 94.8 Å². The fraction of sp³-hybridized carbons (Fsp3) is 0. The minimum atomic E-state index is -4.22. The summed E-state index contributed by atoms with van der Waals surface area (Å²) in [4.78, 5) is 12.2. The summed E-state index contributed by atoms with van der Waals surface area (Å²) in [5, 5.41) is 0.276. The molecule has 1 N–H and O–H groups in total. The van der Waals surface area contributed by atoms with Crippen LogP contribution in [0.25, 0.3) is 0 Å². The lowest BCUT2D eigenvalue weighted by molar-refractivity contribution is 0.103. The number of rotatable bonds is 5. The number of halogens is 2. The molecule has 0 aliphatic carbocycles. The molecule has 0 aromatic heterocycles. The Balaban J connectivity index is 2.04. The van der Waals surface area contributed by atoms with Crippen LogP contribution in [-0.2, 0) is 10.0 Å². The van der Waals surface area contributed by atoms with Crippen LogP contribution in [0.15, 0.2) is 77.7 Å². The standard InChI is InChI=1S/C19H13ClFNO3S/c20-14-10-11-17(15(12-14)19(23)13-6-2-1-3-7-13)22-26(24,25)18-9-5-4-8-16(18)21/h1-12,22H. The van der Waals surface area contributed by atoms with Gasteiger partial charge in [0, 0.05) is 16.1 Å². The Kier molecular flexibility index (Phi) is 5.06. The Morgan fingerprint density at radius 1 is 0.923 bits per heavy atom. The Labute approximate surface area is 155 Å². The molecule has 0 saturated carbocycles. The number of carbonyl (C=O) groups excluding carboxylic acids is 1. The first-order valence-corrected chi connectivity index (χ1v) is 9.41. The second-order valence-electron chi connectivity index (χ2n) is 5.42. The Bertz CT molecular complexity index is 1070. The zero-order valence-electron chi connectivity index (χ0n) is 13.3. The van der Waals surface area contributed by atoms with Gasteiger partial charge in [-0.2, -0.15) is 0 Å². The van der Waals surface area contributed by atoms with E-state index in [4.69, 9.17) is 11.6 Å². The highest BCUT2D eigenvalue weighted by atomic mass is 35.5. The summed E-state index contributed by atoms with van der Waals surface area (Å²) in [6, 6.07) is 17.6. The first-order valence-electron chi connectivity index (χ1n) is 7.55. The van der Waals surface area contributed by atoms with Crippen LogP contribution in [0, 0.1) is 5.82 Å². The Morgan fingerprint density at radius 3 is 2.27 bits per heavy atom. The van der Waals surface area contributed by atoms with Gasteiger partial charge in [-0.15, -0.1) is 0 Å². The molecule has 0 aliphatic heterocycles. The summed E-state index contributed by atoms with van der Waals surface area (Å²) in [6.45, 7) is 0. The third kappa shape index (κ3) is 3.76. The molecule has 0 fully saturated rings. The molecule has 0 radical (unpaired) electrons. The van der Waals surface area contributed by atoms with Crippen molar-refractivity contribution in [2.75, 3.05) is 4.72 Å². The van der Waals surface area contributed by atoms with Crippen molar-refractivity contribution >= 4 is 33.1 Å². The molecule has 0 saturated heterocycles. The van der Waals surface area contributed by atoms with E-state index in [2.05, 4.69) is 4.72 Å². The lowest BCUT2D eigenvalue weighted by atomic mass is 10.0. The van der Waals surface area contributed by atoms with Crippen LogP contribution in [0.2, 0.25) is 5.02 Å². The van der Waals surface area contributed by atoms with E-state index in [0.29, 0.717) is 5.56 Å². The third-order valence-corrected chi connectivity index (χ3v) is 5.27. The second-order valence-corrected chi connectivity index (χ2v) is 7.51. The van der Waals surface area contributed by atoms with Gasteiger partial charge < -0.3 is 0 Å². The predicted molar refractivity (Wildman–Crippen MR) is 98.5 cm³/mol. The smallest absolute Gasteiger partial charge is 0.264 e. The molecule has 4 nitrogen and oxygen atoms in total. The number of ketones is 1. The molecule has 7 heteroatoms. The average Bonchev–Trinajstić information content (AvgIpc) is 2.63. The normalized spacial score (nSPS) is 11.2. The largest absolute Gasteiger partial charge is 0.289 e. The minimum Gasteiger partial charge on any atom is -0.289 e. The first kappa shape index (κ1) is 18.1. The predicted octanol–water partition coefficient (Wildman–Crippen LogP) is 4.51. The van der Waals surface area contributed by atoms with Crippen molar-refractivity contribution in [3.63, 3.8) is 0 Å². The molecule has 132 valence electrons. The molecule has 0 aliphatic rings. The summed E-state index contributed by atoms with van der Waals surface area (Å²) in [5.41, 5.74) is 0.469. The van der Waals surface area contributed by atoms with Gasteiger partial charge in [-0.05, 0) is 30.3 Å². The molecule has 0 unspecified atom stereocenters. The molecule has 3 aromatic rings. The fourth-order valence-corrected chi connectivity index (χ4v) is 3.73. The number of sulfonamides is 1. The summed E-state index contributed by atoms with van der Waals surface area (Å²) in [7, 11) is -4.22. The lowest BCUT2D eigenvalue weighted by Gasteiger charge is -2.13. The van der Waals surface area contributed by atoms with E-state index >= 15 is 0 Å².